The smallest absolute Gasteiger partial charge is 0.404 e. The number of nitrogens with one attached hydrogen (secondary N) is 1. The number of ether oxygens (including phenoxy) is 2. The first kappa shape index (κ1) is 22.6. The predicted octanol–water partition coefficient (Wildman–Crippen LogP) is 4.64. The van der Waals surface area contributed by atoms with Crippen molar-refractivity contribution in [1.29, 1.82) is 0 Å². The highest BCUT2D eigenvalue weighted by Crippen LogP contribution is 2.46. The monoisotopic (exact) mass is 448 g/mol. The normalized spacial score (nSPS) is 23.9. The van der Waals surface area contributed by atoms with Gasteiger partial charge in [0.2, 0.25) is 5.91 Å². The van der Waals surface area contributed by atoms with Gasteiger partial charge in [-0.05, 0) is 55.6 Å². The molecule has 4 rings (SSSR count). The summed E-state index contributed by atoms with van der Waals surface area (Å²) in [5.41, 5.74) is -1.20. The molecule has 32 heavy (non-hydrogen) atoms. The van der Waals surface area contributed by atoms with Crippen LogP contribution in [0.5, 0.6) is 5.75 Å². The van der Waals surface area contributed by atoms with Gasteiger partial charge in [0.05, 0.1) is 6.10 Å². The first-order chi connectivity index (χ1) is 15.4. The number of nitrogens with zero attached hydrogens (tertiary/aromatic N) is 1. The van der Waals surface area contributed by atoms with Crippen LogP contribution in [0.15, 0.2) is 54.6 Å². The van der Waals surface area contributed by atoms with E-state index in [1.54, 1.807) is 29.2 Å². The number of anilines is 1. The first-order valence-electron chi connectivity index (χ1n) is 10.8. The predicted molar refractivity (Wildman–Crippen MR) is 114 cm³/mol. The lowest BCUT2D eigenvalue weighted by Crippen LogP contribution is -2.49. The Labute approximate surface area is 185 Å². The second kappa shape index (κ2) is 9.50. The van der Waals surface area contributed by atoms with Crippen molar-refractivity contribution in [2.75, 3.05) is 31.6 Å². The minimum absolute atomic E-state index is 0.0715. The fourth-order valence-corrected chi connectivity index (χ4v) is 4.26. The van der Waals surface area contributed by atoms with E-state index in [0.717, 1.165) is 25.0 Å². The summed E-state index contributed by atoms with van der Waals surface area (Å²) in [5, 5.41) is 2.47. The minimum atomic E-state index is -4.65. The summed E-state index contributed by atoms with van der Waals surface area (Å²) in [6.07, 6.45) is -2.87. The lowest BCUT2D eigenvalue weighted by Gasteiger charge is -2.30. The third-order valence-corrected chi connectivity index (χ3v) is 6.15. The quantitative estimate of drug-likeness (QED) is 0.671. The first-order valence-corrected chi connectivity index (χ1v) is 10.8. The fourth-order valence-electron chi connectivity index (χ4n) is 4.26. The maximum atomic E-state index is 14.1. The van der Waals surface area contributed by atoms with Crippen molar-refractivity contribution >= 4 is 11.6 Å². The van der Waals surface area contributed by atoms with Crippen LogP contribution < -0.4 is 10.1 Å². The Bertz CT molecular complexity index is 899. The average molecular weight is 448 g/mol. The standard InChI is InChI=1S/C24H27F3N2O3/c25-24(26,27)23(12-13-29(17-23)15-18-5-2-1-3-6-18)22(30)28-19-8-10-20(11-9-19)32-16-21-7-4-14-31-21/h1-3,5-6,8-11,21H,4,7,12-17H2,(H,28,30). The molecule has 5 nitrogen and oxygen atoms in total. The highest BCUT2D eigenvalue weighted by molar-refractivity contribution is 5.96. The largest absolute Gasteiger partial charge is 0.491 e. The molecule has 1 amide bonds. The zero-order valence-electron chi connectivity index (χ0n) is 17.7. The molecule has 0 aliphatic carbocycles. The molecule has 172 valence electrons. The zero-order chi connectivity index (χ0) is 22.6. The summed E-state index contributed by atoms with van der Waals surface area (Å²) in [5.74, 6) is -0.437. The number of carbonyl (C=O) groups excluding carboxylic acids is 1. The number of halogens is 3. The Morgan fingerprint density at radius 2 is 1.91 bits per heavy atom. The second-order valence-corrected chi connectivity index (χ2v) is 8.45. The molecule has 2 aromatic carbocycles. The highest BCUT2D eigenvalue weighted by atomic mass is 19.4. The summed E-state index contributed by atoms with van der Waals surface area (Å²) in [6, 6.07) is 15.7. The molecule has 0 saturated carbocycles. The number of benzene rings is 2. The van der Waals surface area contributed by atoms with E-state index < -0.39 is 17.5 Å². The molecule has 2 unspecified atom stereocenters. The van der Waals surface area contributed by atoms with Crippen LogP contribution in [0.25, 0.3) is 0 Å². The summed E-state index contributed by atoms with van der Waals surface area (Å²) in [4.78, 5) is 14.5. The van der Waals surface area contributed by atoms with E-state index in [0.29, 0.717) is 24.6 Å². The Balaban J connectivity index is 1.39. The van der Waals surface area contributed by atoms with Gasteiger partial charge in [0.15, 0.2) is 5.41 Å². The van der Waals surface area contributed by atoms with Crippen molar-refractivity contribution in [2.24, 2.45) is 5.41 Å². The summed E-state index contributed by atoms with van der Waals surface area (Å²) in [7, 11) is 0. The Morgan fingerprint density at radius 3 is 2.56 bits per heavy atom. The van der Waals surface area contributed by atoms with E-state index in [1.165, 1.54) is 0 Å². The van der Waals surface area contributed by atoms with Crippen LogP contribution in [0.3, 0.4) is 0 Å². The molecule has 8 heteroatoms. The number of hydrogen-bond donors (Lipinski definition) is 1. The molecule has 2 heterocycles. The zero-order valence-corrected chi connectivity index (χ0v) is 17.7. The minimum Gasteiger partial charge on any atom is -0.491 e. The molecule has 2 atom stereocenters. The van der Waals surface area contributed by atoms with Gasteiger partial charge in [-0.2, -0.15) is 13.2 Å². The van der Waals surface area contributed by atoms with Gasteiger partial charge in [0.25, 0.3) is 0 Å². The van der Waals surface area contributed by atoms with Crippen LogP contribution in [0.4, 0.5) is 18.9 Å². The fraction of sp³-hybridized carbons (Fsp3) is 0.458. The van der Waals surface area contributed by atoms with E-state index in [9.17, 15) is 18.0 Å². The lowest BCUT2D eigenvalue weighted by molar-refractivity contribution is -0.215. The summed E-state index contributed by atoms with van der Waals surface area (Å²) < 4.78 is 53.4. The van der Waals surface area contributed by atoms with Gasteiger partial charge >= 0.3 is 6.18 Å². The van der Waals surface area contributed by atoms with Crippen LogP contribution >= 0.6 is 0 Å². The molecule has 1 N–H and O–H groups in total. The van der Waals surface area contributed by atoms with Gasteiger partial charge in [-0.1, -0.05) is 30.3 Å². The molecule has 2 fully saturated rings. The maximum absolute atomic E-state index is 14.1. The van der Waals surface area contributed by atoms with Gasteiger partial charge in [-0.15, -0.1) is 0 Å². The van der Waals surface area contributed by atoms with Gasteiger partial charge in [0, 0.05) is 25.4 Å². The highest BCUT2D eigenvalue weighted by Gasteiger charge is 2.62. The van der Waals surface area contributed by atoms with Gasteiger partial charge in [-0.25, -0.2) is 0 Å². The van der Waals surface area contributed by atoms with Crippen LogP contribution in [0.1, 0.15) is 24.8 Å². The van der Waals surface area contributed by atoms with Crippen molar-refractivity contribution in [3.63, 3.8) is 0 Å². The van der Waals surface area contributed by atoms with Gasteiger partial charge in [0.1, 0.15) is 12.4 Å². The number of carbonyl (C=O) groups is 1. The molecule has 0 aromatic heterocycles. The number of rotatable bonds is 7. The molecule has 2 aliphatic heterocycles. The Kier molecular flexibility index (Phi) is 6.71. The Morgan fingerprint density at radius 1 is 1.16 bits per heavy atom. The van der Waals surface area contributed by atoms with Gasteiger partial charge < -0.3 is 14.8 Å². The number of amides is 1. The topological polar surface area (TPSA) is 50.8 Å². The van der Waals surface area contributed by atoms with Crippen LogP contribution in [0.2, 0.25) is 0 Å². The van der Waals surface area contributed by atoms with E-state index >= 15 is 0 Å². The SMILES string of the molecule is O=C(Nc1ccc(OCC2CCCO2)cc1)C1(C(F)(F)F)CCN(Cc2ccccc2)C1. The molecule has 2 saturated heterocycles. The molecule has 2 aromatic rings. The summed E-state index contributed by atoms with van der Waals surface area (Å²) >= 11 is 0. The maximum Gasteiger partial charge on any atom is 0.404 e. The Hall–Kier alpha value is -2.58. The molecule has 0 spiro atoms. The van der Waals surface area contributed by atoms with E-state index in [4.69, 9.17) is 9.47 Å². The van der Waals surface area contributed by atoms with Crippen molar-refractivity contribution in [3.05, 3.63) is 60.2 Å². The second-order valence-electron chi connectivity index (χ2n) is 8.45. The number of hydrogen-bond acceptors (Lipinski definition) is 4. The van der Waals surface area contributed by atoms with E-state index in [-0.39, 0.29) is 25.6 Å². The van der Waals surface area contributed by atoms with E-state index in [2.05, 4.69) is 5.32 Å². The van der Waals surface area contributed by atoms with Crippen molar-refractivity contribution in [2.45, 2.75) is 38.1 Å². The van der Waals surface area contributed by atoms with Crippen molar-refractivity contribution < 1.29 is 27.4 Å². The van der Waals surface area contributed by atoms with E-state index in [1.807, 2.05) is 30.3 Å². The van der Waals surface area contributed by atoms with Crippen molar-refractivity contribution in [3.8, 4) is 5.75 Å². The molecule has 2 aliphatic rings. The van der Waals surface area contributed by atoms with Crippen LogP contribution in [0, 0.1) is 5.41 Å². The lowest BCUT2D eigenvalue weighted by atomic mass is 9.85. The summed E-state index contributed by atoms with van der Waals surface area (Å²) in [6.45, 7) is 1.39. The molecular weight excluding hydrogens is 421 g/mol. The van der Waals surface area contributed by atoms with Crippen LogP contribution in [-0.4, -0.2) is 49.4 Å². The third kappa shape index (κ3) is 5.07. The number of alkyl halides is 3. The third-order valence-electron chi connectivity index (χ3n) is 6.15. The average Bonchev–Trinajstić information content (AvgIpc) is 3.44. The number of likely N-dealkylation sites (tertiary alicyclic amines) is 1. The molecule has 0 radical (unpaired) electrons. The van der Waals surface area contributed by atoms with Crippen LogP contribution in [-0.2, 0) is 16.1 Å². The van der Waals surface area contributed by atoms with Crippen molar-refractivity contribution in [1.82, 2.24) is 4.90 Å². The molecular formula is C24H27F3N2O3. The van der Waals surface area contributed by atoms with Gasteiger partial charge in [-0.3, -0.25) is 9.69 Å². The molecule has 0 bridgehead atoms.